The molecule has 0 aliphatic carbocycles. The second kappa shape index (κ2) is 10.9. The molecule has 8 atom stereocenters. The van der Waals surface area contributed by atoms with Crippen molar-refractivity contribution < 1.29 is 29.0 Å². The summed E-state index contributed by atoms with van der Waals surface area (Å²) in [5.41, 5.74) is 0. The number of aliphatic hydroxyl groups is 1. The lowest BCUT2D eigenvalue weighted by molar-refractivity contribution is -0.154. The zero-order chi connectivity index (χ0) is 25.3. The minimum atomic E-state index is -0.722. The Hall–Kier alpha value is -1.36. The zero-order valence-corrected chi connectivity index (χ0v) is 22.2. The number of morpholine rings is 1. The summed E-state index contributed by atoms with van der Waals surface area (Å²) in [6.45, 7) is 12.2. The van der Waals surface area contributed by atoms with Crippen LogP contribution in [-0.4, -0.2) is 107 Å². The third-order valence-corrected chi connectivity index (χ3v) is 10.7. The first-order valence-corrected chi connectivity index (χ1v) is 14.0. The maximum Gasteiger partial charge on any atom is 0.310 e. The molecule has 4 aliphatic rings. The quantitative estimate of drug-likeness (QED) is 0.414. The molecule has 9 nitrogen and oxygen atoms in total. The number of rotatable bonds is 10. The highest BCUT2D eigenvalue weighted by atomic mass is 32.2. The summed E-state index contributed by atoms with van der Waals surface area (Å²) in [5.74, 6) is -1.75. The summed E-state index contributed by atoms with van der Waals surface area (Å²) in [7, 11) is 0. The highest BCUT2D eigenvalue weighted by Crippen LogP contribution is 2.69. The van der Waals surface area contributed by atoms with Crippen LogP contribution >= 0.6 is 11.8 Å². The molecule has 1 spiro atoms. The number of fused-ring (bicyclic) bond motifs is 1. The number of carbonyl (C=O) groups excluding carboxylic acids is 3. The Kier molecular flexibility index (Phi) is 8.35. The first-order chi connectivity index (χ1) is 16.8. The van der Waals surface area contributed by atoms with Crippen molar-refractivity contribution in [1.29, 1.82) is 0 Å². The molecule has 0 aromatic carbocycles. The Morgan fingerprint density at radius 3 is 2.66 bits per heavy atom. The van der Waals surface area contributed by atoms with Crippen molar-refractivity contribution in [3.63, 3.8) is 0 Å². The lowest BCUT2D eigenvalue weighted by atomic mass is 9.66. The fraction of sp³-hybridized carbons (Fsp3) is 0.880. The van der Waals surface area contributed by atoms with E-state index in [1.807, 2.05) is 13.8 Å². The lowest BCUT2D eigenvalue weighted by Crippen LogP contribution is -2.59. The maximum atomic E-state index is 14.1. The van der Waals surface area contributed by atoms with Gasteiger partial charge in [-0.25, -0.2) is 0 Å². The lowest BCUT2D eigenvalue weighted by Gasteiger charge is -2.41. The summed E-state index contributed by atoms with van der Waals surface area (Å²) in [5, 5.41) is 13.4. The van der Waals surface area contributed by atoms with Gasteiger partial charge in [0.25, 0.3) is 0 Å². The van der Waals surface area contributed by atoms with Gasteiger partial charge < -0.3 is 24.8 Å². The van der Waals surface area contributed by atoms with Gasteiger partial charge in [0.2, 0.25) is 11.8 Å². The van der Waals surface area contributed by atoms with Crippen molar-refractivity contribution in [3.8, 4) is 0 Å². The monoisotopic (exact) mass is 511 g/mol. The molecule has 4 aliphatic heterocycles. The molecule has 0 aromatic rings. The number of ether oxygens (including phenoxy) is 2. The smallest absolute Gasteiger partial charge is 0.310 e. The van der Waals surface area contributed by atoms with Gasteiger partial charge in [0, 0.05) is 31.4 Å². The van der Waals surface area contributed by atoms with Crippen LogP contribution in [0.25, 0.3) is 0 Å². The molecule has 0 radical (unpaired) electrons. The summed E-state index contributed by atoms with van der Waals surface area (Å²) in [4.78, 5) is 44.9. The number of nitrogens with zero attached hydrogens (tertiary/aromatic N) is 2. The van der Waals surface area contributed by atoms with Crippen molar-refractivity contribution >= 4 is 29.5 Å². The standard InChI is InChI=1S/C25H41N3O6S/c1-5-15(3)17(14-29)28-21(22(30)26-7-8-27-9-11-33-12-10-27)25-16(4)13-18(35-25)19(20(25)23(28)31)24(32)34-6-2/h15-21,29H,5-14H2,1-4H3,(H,26,30)/t15-,16?,17-,18-,19+,20-,21?,25?/m0/s1. The average molecular weight is 512 g/mol. The fourth-order valence-corrected chi connectivity index (χ4v) is 9.09. The van der Waals surface area contributed by atoms with Crippen LogP contribution in [0, 0.1) is 23.7 Å². The molecule has 4 saturated heterocycles. The van der Waals surface area contributed by atoms with Crippen molar-refractivity contribution in [2.45, 2.75) is 62.6 Å². The van der Waals surface area contributed by atoms with Gasteiger partial charge >= 0.3 is 5.97 Å². The molecule has 2 N–H and O–H groups in total. The van der Waals surface area contributed by atoms with Gasteiger partial charge in [0.15, 0.2) is 0 Å². The van der Waals surface area contributed by atoms with Crippen molar-refractivity contribution in [2.75, 3.05) is 52.6 Å². The number of esters is 1. The van der Waals surface area contributed by atoms with Gasteiger partial charge in [-0.3, -0.25) is 19.3 Å². The number of hydrogen-bond donors (Lipinski definition) is 2. The van der Waals surface area contributed by atoms with Gasteiger partial charge in [-0.2, -0.15) is 0 Å². The van der Waals surface area contributed by atoms with Crippen LogP contribution in [0.5, 0.6) is 0 Å². The average Bonchev–Trinajstić information content (AvgIpc) is 3.44. The predicted molar refractivity (Wildman–Crippen MR) is 133 cm³/mol. The highest BCUT2D eigenvalue weighted by molar-refractivity contribution is 8.02. The van der Waals surface area contributed by atoms with E-state index in [9.17, 15) is 19.5 Å². The number of nitrogens with one attached hydrogen (secondary N) is 1. The Morgan fingerprint density at radius 2 is 2.03 bits per heavy atom. The van der Waals surface area contributed by atoms with Gasteiger partial charge in [0.1, 0.15) is 6.04 Å². The second-order valence-electron chi connectivity index (χ2n) is 10.4. The molecule has 3 unspecified atom stereocenters. The molecule has 35 heavy (non-hydrogen) atoms. The van der Waals surface area contributed by atoms with E-state index in [2.05, 4.69) is 17.1 Å². The Morgan fingerprint density at radius 1 is 1.31 bits per heavy atom. The molecule has 198 valence electrons. The van der Waals surface area contributed by atoms with Crippen LogP contribution < -0.4 is 5.32 Å². The number of thioether (sulfide) groups is 1. The SMILES string of the molecule is CCOC(=O)[C@@H]1[C@@H]2CC(C)C3(S2)C(C(=O)NCCN2CCOCC2)N([C@@H](CO)[C@@H](C)CC)C(=O)[C@H]13. The molecule has 0 aromatic heterocycles. The zero-order valence-electron chi connectivity index (χ0n) is 21.4. The van der Waals surface area contributed by atoms with Crippen LogP contribution in [0.3, 0.4) is 0 Å². The van der Waals surface area contributed by atoms with Crippen molar-refractivity contribution in [2.24, 2.45) is 23.7 Å². The van der Waals surface area contributed by atoms with Crippen molar-refractivity contribution in [1.82, 2.24) is 15.1 Å². The van der Waals surface area contributed by atoms with Gasteiger partial charge in [-0.15, -0.1) is 11.8 Å². The number of amides is 2. The second-order valence-corrected chi connectivity index (χ2v) is 12.0. The Bertz CT molecular complexity index is 808. The fourth-order valence-electron chi connectivity index (χ4n) is 6.70. The molecule has 2 bridgehead atoms. The molecule has 2 amide bonds. The summed E-state index contributed by atoms with van der Waals surface area (Å²) >= 11 is 1.64. The van der Waals surface area contributed by atoms with E-state index in [0.717, 1.165) is 32.5 Å². The van der Waals surface area contributed by atoms with E-state index in [0.29, 0.717) is 19.8 Å². The molecular weight excluding hydrogens is 470 g/mol. The summed E-state index contributed by atoms with van der Waals surface area (Å²) < 4.78 is 10.1. The molecule has 10 heteroatoms. The molecule has 4 rings (SSSR count). The Labute approximate surface area is 212 Å². The van der Waals surface area contributed by atoms with Crippen LogP contribution in [0.15, 0.2) is 0 Å². The van der Waals surface area contributed by atoms with Crippen molar-refractivity contribution in [3.05, 3.63) is 0 Å². The van der Waals surface area contributed by atoms with E-state index in [1.54, 1.807) is 23.6 Å². The van der Waals surface area contributed by atoms with E-state index >= 15 is 0 Å². The van der Waals surface area contributed by atoms with Crippen LogP contribution in [-0.2, 0) is 23.9 Å². The largest absolute Gasteiger partial charge is 0.466 e. The van der Waals surface area contributed by atoms with E-state index < -0.39 is 28.7 Å². The minimum absolute atomic E-state index is 0.0152. The first-order valence-electron chi connectivity index (χ1n) is 13.2. The van der Waals surface area contributed by atoms with E-state index in [1.165, 1.54) is 0 Å². The van der Waals surface area contributed by atoms with E-state index in [-0.39, 0.29) is 48.1 Å². The van der Waals surface area contributed by atoms with Crippen LogP contribution in [0.1, 0.15) is 40.5 Å². The third-order valence-electron chi connectivity index (χ3n) is 8.67. The third kappa shape index (κ3) is 4.49. The van der Waals surface area contributed by atoms with E-state index in [4.69, 9.17) is 9.47 Å². The summed E-state index contributed by atoms with van der Waals surface area (Å²) in [6.07, 6.45) is 1.54. The Balaban J connectivity index is 1.64. The van der Waals surface area contributed by atoms with Crippen LogP contribution in [0.2, 0.25) is 0 Å². The molecule has 4 fully saturated rings. The molecule has 4 heterocycles. The number of aliphatic hydroxyl groups excluding tert-OH is 1. The highest BCUT2D eigenvalue weighted by Gasteiger charge is 2.77. The normalized spacial score (nSPS) is 36.2. The van der Waals surface area contributed by atoms with Gasteiger partial charge in [0.05, 0.1) is 49.1 Å². The predicted octanol–water partition coefficient (Wildman–Crippen LogP) is 0.742. The van der Waals surface area contributed by atoms with Gasteiger partial charge in [-0.05, 0) is 25.2 Å². The van der Waals surface area contributed by atoms with Gasteiger partial charge in [-0.1, -0.05) is 27.2 Å². The molecular formula is C25H41N3O6S. The number of hydrogen-bond acceptors (Lipinski definition) is 8. The minimum Gasteiger partial charge on any atom is -0.466 e. The summed E-state index contributed by atoms with van der Waals surface area (Å²) in [6, 6.07) is -1.20. The van der Waals surface area contributed by atoms with Crippen LogP contribution in [0.4, 0.5) is 0 Å². The number of likely N-dealkylation sites (tertiary alicyclic amines) is 1. The topological polar surface area (TPSA) is 108 Å². The number of carbonyl (C=O) groups is 3. The maximum absolute atomic E-state index is 14.1. The first kappa shape index (κ1) is 26.7. The molecule has 0 saturated carbocycles.